The molecule has 0 unspecified atom stereocenters. The summed E-state index contributed by atoms with van der Waals surface area (Å²) in [6, 6.07) is 4.01. The highest BCUT2D eigenvalue weighted by Gasteiger charge is 2.27. The van der Waals surface area contributed by atoms with E-state index < -0.39 is 0 Å². The smallest absolute Gasteiger partial charge is 0.106 e. The normalized spacial score (nSPS) is 24.3. The molecule has 0 aliphatic carbocycles. The van der Waals surface area contributed by atoms with Crippen LogP contribution in [0.1, 0.15) is 6.42 Å². The van der Waals surface area contributed by atoms with Crippen molar-refractivity contribution in [2.75, 3.05) is 31.7 Å². The van der Waals surface area contributed by atoms with E-state index >= 15 is 0 Å². The van der Waals surface area contributed by atoms with Gasteiger partial charge in [-0.05, 0) is 29.3 Å². The van der Waals surface area contributed by atoms with Gasteiger partial charge >= 0.3 is 0 Å². The molecule has 1 aliphatic rings. The third-order valence-electron chi connectivity index (χ3n) is 3.25. The Hall–Kier alpha value is -0.430. The molecule has 2 atom stereocenters. The zero-order valence-corrected chi connectivity index (χ0v) is 12.0. The van der Waals surface area contributed by atoms with Crippen molar-refractivity contribution >= 4 is 28.1 Å². The van der Waals surface area contributed by atoms with E-state index in [0.717, 1.165) is 30.2 Å². The predicted molar refractivity (Wildman–Crippen MR) is 77.3 cm³/mol. The van der Waals surface area contributed by atoms with Gasteiger partial charge in [-0.2, -0.15) is 0 Å². The Morgan fingerprint density at radius 2 is 2.44 bits per heavy atom. The van der Waals surface area contributed by atoms with Crippen molar-refractivity contribution in [3.63, 3.8) is 0 Å². The Bertz CT molecular complexity index is 375. The van der Waals surface area contributed by atoms with Crippen molar-refractivity contribution in [2.45, 2.75) is 17.6 Å². The largest absolute Gasteiger partial charge is 0.393 e. The van der Waals surface area contributed by atoms with E-state index in [1.165, 1.54) is 10.8 Å². The van der Waals surface area contributed by atoms with E-state index in [0.29, 0.717) is 6.61 Å². The zero-order chi connectivity index (χ0) is 13.0. The molecule has 100 valence electrons. The SMILES string of the molecule is COC[C@@H]1CN(c2ccc(SS)nc2)CC[C@H]1O. The minimum atomic E-state index is -0.263. The number of thiol groups is 1. The first-order valence-corrected chi connectivity index (χ1v) is 7.81. The number of rotatable bonds is 4. The number of ether oxygens (including phenoxy) is 1. The standard InChI is InChI=1S/C12H18N2O2S2/c1-16-8-9-7-14(5-4-11(9)15)10-2-3-12(18-17)13-6-10/h2-3,6,9,11,15,17H,4-5,7-8H2,1H3/t9-,11+/m0/s1. The summed E-state index contributed by atoms with van der Waals surface area (Å²) in [5.41, 5.74) is 1.09. The number of nitrogens with zero attached hydrogens (tertiary/aromatic N) is 2. The van der Waals surface area contributed by atoms with Gasteiger partial charge in [0.25, 0.3) is 0 Å². The van der Waals surface area contributed by atoms with Crippen LogP contribution in [0.3, 0.4) is 0 Å². The molecule has 6 heteroatoms. The minimum Gasteiger partial charge on any atom is -0.393 e. The predicted octanol–water partition coefficient (Wildman–Crippen LogP) is 1.85. The molecule has 1 aromatic rings. The van der Waals surface area contributed by atoms with Crippen LogP contribution >= 0.6 is 22.5 Å². The Morgan fingerprint density at radius 3 is 3.06 bits per heavy atom. The van der Waals surface area contributed by atoms with Crippen molar-refractivity contribution in [1.82, 2.24) is 4.98 Å². The first-order chi connectivity index (χ1) is 8.74. The summed E-state index contributed by atoms with van der Waals surface area (Å²) in [6.45, 7) is 2.26. The second-order valence-corrected chi connectivity index (χ2v) is 5.61. The molecule has 1 N–H and O–H groups in total. The molecular formula is C12H18N2O2S2. The van der Waals surface area contributed by atoms with Crippen LogP contribution < -0.4 is 4.90 Å². The van der Waals surface area contributed by atoms with Crippen LogP contribution in [-0.4, -0.2) is 43.0 Å². The van der Waals surface area contributed by atoms with Gasteiger partial charge in [0.15, 0.2) is 0 Å². The van der Waals surface area contributed by atoms with Crippen molar-refractivity contribution in [3.05, 3.63) is 18.3 Å². The molecular weight excluding hydrogens is 268 g/mol. The third kappa shape index (κ3) is 3.32. The highest BCUT2D eigenvalue weighted by atomic mass is 33.1. The highest BCUT2D eigenvalue weighted by Crippen LogP contribution is 2.25. The molecule has 2 heterocycles. The quantitative estimate of drug-likeness (QED) is 0.653. The van der Waals surface area contributed by atoms with Crippen molar-refractivity contribution in [2.24, 2.45) is 5.92 Å². The Labute approximate surface area is 117 Å². The summed E-state index contributed by atoms with van der Waals surface area (Å²) >= 11 is 4.12. The van der Waals surface area contributed by atoms with Crippen LogP contribution in [-0.2, 0) is 4.74 Å². The van der Waals surface area contributed by atoms with Gasteiger partial charge in [-0.1, -0.05) is 0 Å². The number of piperidine rings is 1. The average Bonchev–Trinajstić information content (AvgIpc) is 2.42. The molecule has 1 saturated heterocycles. The molecule has 4 nitrogen and oxygen atoms in total. The average molecular weight is 286 g/mol. The van der Waals surface area contributed by atoms with Crippen molar-refractivity contribution in [3.8, 4) is 0 Å². The van der Waals surface area contributed by atoms with Crippen LogP contribution in [0.4, 0.5) is 5.69 Å². The fourth-order valence-electron chi connectivity index (χ4n) is 2.25. The molecule has 1 aromatic heterocycles. The molecule has 2 rings (SSSR count). The van der Waals surface area contributed by atoms with Gasteiger partial charge in [0.1, 0.15) is 5.03 Å². The fraction of sp³-hybridized carbons (Fsp3) is 0.583. The van der Waals surface area contributed by atoms with Gasteiger partial charge in [-0.3, -0.25) is 0 Å². The lowest BCUT2D eigenvalue weighted by Gasteiger charge is -2.37. The number of aliphatic hydroxyl groups is 1. The van der Waals surface area contributed by atoms with Crippen molar-refractivity contribution < 1.29 is 9.84 Å². The van der Waals surface area contributed by atoms with Gasteiger partial charge in [-0.25, -0.2) is 4.98 Å². The lowest BCUT2D eigenvalue weighted by atomic mass is 9.95. The van der Waals surface area contributed by atoms with E-state index in [-0.39, 0.29) is 12.0 Å². The van der Waals surface area contributed by atoms with Crippen LogP contribution in [0.25, 0.3) is 0 Å². The second kappa shape index (κ2) is 6.65. The van der Waals surface area contributed by atoms with Gasteiger partial charge in [0.2, 0.25) is 0 Å². The maximum absolute atomic E-state index is 9.91. The summed E-state index contributed by atoms with van der Waals surface area (Å²) < 4.78 is 5.16. The third-order valence-corrected chi connectivity index (χ3v) is 4.24. The summed E-state index contributed by atoms with van der Waals surface area (Å²) in [4.78, 5) is 6.56. The van der Waals surface area contributed by atoms with E-state index in [1.54, 1.807) is 7.11 Å². The van der Waals surface area contributed by atoms with Crippen molar-refractivity contribution in [1.29, 1.82) is 0 Å². The van der Waals surface area contributed by atoms with Gasteiger partial charge in [0, 0.05) is 26.1 Å². The fourth-order valence-corrected chi connectivity index (χ4v) is 2.80. The first-order valence-electron chi connectivity index (χ1n) is 5.94. The van der Waals surface area contributed by atoms with E-state index in [1.807, 2.05) is 18.3 Å². The molecule has 0 bridgehead atoms. The summed E-state index contributed by atoms with van der Waals surface area (Å²) in [7, 11) is 3.01. The molecule has 1 aliphatic heterocycles. The Balaban J connectivity index is 2.03. The number of aliphatic hydroxyl groups excluding tert-OH is 1. The Kier molecular flexibility index (Phi) is 5.17. The maximum atomic E-state index is 9.91. The zero-order valence-electron chi connectivity index (χ0n) is 10.3. The maximum Gasteiger partial charge on any atom is 0.106 e. The van der Waals surface area contributed by atoms with Gasteiger partial charge < -0.3 is 14.7 Å². The molecule has 0 amide bonds. The van der Waals surface area contributed by atoms with E-state index in [2.05, 4.69) is 21.5 Å². The lowest BCUT2D eigenvalue weighted by Crippen LogP contribution is -2.45. The topological polar surface area (TPSA) is 45.6 Å². The van der Waals surface area contributed by atoms with E-state index in [9.17, 15) is 5.11 Å². The second-order valence-electron chi connectivity index (χ2n) is 4.46. The van der Waals surface area contributed by atoms with Crippen LogP contribution in [0.15, 0.2) is 23.4 Å². The number of hydrogen-bond donors (Lipinski definition) is 2. The monoisotopic (exact) mass is 286 g/mol. The number of methoxy groups -OCH3 is 1. The summed E-state index contributed by atoms with van der Waals surface area (Å²) in [5.74, 6) is 0.169. The number of hydrogen-bond acceptors (Lipinski definition) is 6. The van der Waals surface area contributed by atoms with Crippen LogP contribution in [0.5, 0.6) is 0 Å². The molecule has 0 saturated carbocycles. The lowest BCUT2D eigenvalue weighted by molar-refractivity contribution is 0.0359. The highest BCUT2D eigenvalue weighted by molar-refractivity contribution is 8.68. The first kappa shape index (κ1) is 14.0. The molecule has 1 fully saturated rings. The van der Waals surface area contributed by atoms with Gasteiger partial charge in [0.05, 0.1) is 24.6 Å². The van der Waals surface area contributed by atoms with Gasteiger partial charge in [-0.15, -0.1) is 11.7 Å². The number of anilines is 1. The van der Waals surface area contributed by atoms with E-state index in [4.69, 9.17) is 4.74 Å². The molecule has 18 heavy (non-hydrogen) atoms. The van der Waals surface area contributed by atoms with Crippen LogP contribution in [0.2, 0.25) is 0 Å². The number of pyridine rings is 1. The molecule has 0 radical (unpaired) electrons. The Morgan fingerprint density at radius 1 is 1.61 bits per heavy atom. The minimum absolute atomic E-state index is 0.169. The van der Waals surface area contributed by atoms with Crippen LogP contribution in [0, 0.1) is 5.92 Å². The number of aromatic nitrogens is 1. The molecule has 0 aromatic carbocycles. The summed E-state index contributed by atoms with van der Waals surface area (Å²) in [5, 5.41) is 10.8. The molecule has 0 spiro atoms. The summed E-state index contributed by atoms with van der Waals surface area (Å²) in [6.07, 6.45) is 2.37.